The third kappa shape index (κ3) is 4.32. The van der Waals surface area contributed by atoms with Crippen LogP contribution in [0.15, 0.2) is 28.4 Å². The second kappa shape index (κ2) is 7.92. The Bertz CT molecular complexity index is 807. The number of aryl methyl sites for hydroxylation is 2. The molecule has 0 aliphatic carbocycles. The van der Waals surface area contributed by atoms with Crippen LogP contribution >= 0.6 is 11.3 Å². The van der Waals surface area contributed by atoms with Crippen LogP contribution in [0.2, 0.25) is 0 Å². The maximum Gasteiger partial charge on any atom is 0.337 e. The highest BCUT2D eigenvalue weighted by Gasteiger charge is 2.11. The number of carbonyl (C=O) groups excluding carboxylic acids is 2. The van der Waals surface area contributed by atoms with Crippen LogP contribution in [0.5, 0.6) is 0 Å². The molecule has 0 spiro atoms. The molecule has 0 bridgehead atoms. The van der Waals surface area contributed by atoms with E-state index in [9.17, 15) is 14.4 Å². The third-order valence-electron chi connectivity index (χ3n) is 3.69. The smallest absolute Gasteiger partial charge is 0.337 e. The molecule has 0 radical (unpaired) electrons. The first-order chi connectivity index (χ1) is 11.4. The summed E-state index contributed by atoms with van der Waals surface area (Å²) in [7, 11) is 1.31. The molecular weight excluding hydrogens is 328 g/mol. The highest BCUT2D eigenvalue weighted by molar-refractivity contribution is 7.07. The maximum absolute atomic E-state index is 12.1. The van der Waals surface area contributed by atoms with Crippen molar-refractivity contribution >= 4 is 28.9 Å². The van der Waals surface area contributed by atoms with Gasteiger partial charge in [0.2, 0.25) is 5.91 Å². The summed E-state index contributed by atoms with van der Waals surface area (Å²) in [5, 5.41) is 4.62. The minimum Gasteiger partial charge on any atom is -0.465 e. The normalized spacial score (nSPS) is 10.5. The van der Waals surface area contributed by atoms with Crippen molar-refractivity contribution in [3.05, 3.63) is 50.1 Å². The minimum absolute atomic E-state index is 0.00506. The van der Waals surface area contributed by atoms with E-state index in [4.69, 9.17) is 0 Å². The highest BCUT2D eigenvalue weighted by atomic mass is 32.1. The Hall–Kier alpha value is -2.41. The number of methoxy groups -OCH3 is 1. The molecule has 1 amide bonds. The SMILES string of the molecule is COC(=O)c1ccc(C)c(NC(=O)CCCn2c(C)csc2=O)c1. The number of rotatable bonds is 6. The average Bonchev–Trinajstić information content (AvgIpc) is 2.88. The summed E-state index contributed by atoms with van der Waals surface area (Å²) in [6.07, 6.45) is 0.864. The standard InChI is InChI=1S/C17H20N2O4S/c1-11-6-7-13(16(21)23-3)9-14(11)18-15(20)5-4-8-19-12(2)10-24-17(19)22/h6-7,9-10H,4-5,8H2,1-3H3,(H,18,20). The monoisotopic (exact) mass is 348 g/mol. The van der Waals surface area contributed by atoms with Crippen molar-refractivity contribution in [2.24, 2.45) is 0 Å². The van der Waals surface area contributed by atoms with Gasteiger partial charge in [-0.3, -0.25) is 9.59 Å². The molecule has 1 aromatic heterocycles. The van der Waals surface area contributed by atoms with E-state index in [1.54, 1.807) is 22.8 Å². The van der Waals surface area contributed by atoms with Gasteiger partial charge < -0.3 is 14.6 Å². The molecule has 0 unspecified atom stereocenters. The summed E-state index contributed by atoms with van der Waals surface area (Å²) < 4.78 is 6.35. The van der Waals surface area contributed by atoms with Gasteiger partial charge in [-0.25, -0.2) is 4.79 Å². The zero-order chi connectivity index (χ0) is 17.7. The quantitative estimate of drug-likeness (QED) is 0.814. The molecule has 6 nitrogen and oxygen atoms in total. The largest absolute Gasteiger partial charge is 0.465 e. The van der Waals surface area contributed by atoms with E-state index in [0.717, 1.165) is 22.6 Å². The molecule has 24 heavy (non-hydrogen) atoms. The molecule has 0 atom stereocenters. The molecule has 0 aliphatic rings. The number of aromatic nitrogens is 1. The lowest BCUT2D eigenvalue weighted by atomic mass is 10.1. The first-order valence-corrected chi connectivity index (χ1v) is 8.44. The van der Waals surface area contributed by atoms with Crippen LogP contribution in [0.3, 0.4) is 0 Å². The molecule has 2 rings (SSSR count). The molecule has 1 heterocycles. The van der Waals surface area contributed by atoms with Crippen LogP contribution in [0, 0.1) is 13.8 Å². The number of hydrogen-bond donors (Lipinski definition) is 1. The summed E-state index contributed by atoms with van der Waals surface area (Å²) in [6, 6.07) is 5.02. The van der Waals surface area contributed by atoms with E-state index in [0.29, 0.717) is 30.6 Å². The molecule has 0 fully saturated rings. The van der Waals surface area contributed by atoms with Gasteiger partial charge in [-0.1, -0.05) is 17.4 Å². The van der Waals surface area contributed by atoms with Crippen molar-refractivity contribution < 1.29 is 14.3 Å². The van der Waals surface area contributed by atoms with Gasteiger partial charge in [0.05, 0.1) is 12.7 Å². The van der Waals surface area contributed by atoms with Crippen LogP contribution in [0.25, 0.3) is 0 Å². The fourth-order valence-corrected chi connectivity index (χ4v) is 3.05. The first-order valence-electron chi connectivity index (χ1n) is 7.56. The molecule has 0 aliphatic heterocycles. The Morgan fingerprint density at radius 3 is 2.67 bits per heavy atom. The van der Waals surface area contributed by atoms with Gasteiger partial charge in [0.25, 0.3) is 0 Å². The van der Waals surface area contributed by atoms with E-state index in [1.165, 1.54) is 7.11 Å². The number of amides is 1. The maximum atomic E-state index is 12.1. The Morgan fingerprint density at radius 1 is 1.29 bits per heavy atom. The molecule has 1 N–H and O–H groups in total. The Morgan fingerprint density at radius 2 is 2.04 bits per heavy atom. The molecule has 2 aromatic rings. The molecular formula is C17H20N2O4S. The van der Waals surface area contributed by atoms with Gasteiger partial charge in [0.1, 0.15) is 0 Å². The van der Waals surface area contributed by atoms with E-state index in [-0.39, 0.29) is 10.8 Å². The summed E-state index contributed by atoms with van der Waals surface area (Å²) in [6.45, 7) is 4.24. The van der Waals surface area contributed by atoms with Gasteiger partial charge in [-0.15, -0.1) is 0 Å². The number of benzene rings is 1. The predicted molar refractivity (Wildman–Crippen MR) is 93.7 cm³/mol. The van der Waals surface area contributed by atoms with Crippen LogP contribution in [-0.2, 0) is 16.1 Å². The van der Waals surface area contributed by atoms with E-state index < -0.39 is 5.97 Å². The Labute approximate surface area is 144 Å². The first kappa shape index (κ1) is 17.9. The summed E-state index contributed by atoms with van der Waals surface area (Å²) in [5.74, 6) is -0.598. The number of anilines is 1. The van der Waals surface area contributed by atoms with E-state index >= 15 is 0 Å². The van der Waals surface area contributed by atoms with Gasteiger partial charge >= 0.3 is 10.8 Å². The van der Waals surface area contributed by atoms with Crippen molar-refractivity contribution in [3.8, 4) is 0 Å². The van der Waals surface area contributed by atoms with Crippen molar-refractivity contribution in [1.29, 1.82) is 0 Å². The second-order valence-electron chi connectivity index (χ2n) is 5.47. The third-order valence-corrected chi connectivity index (χ3v) is 4.58. The lowest BCUT2D eigenvalue weighted by molar-refractivity contribution is -0.116. The van der Waals surface area contributed by atoms with Crippen molar-refractivity contribution in [1.82, 2.24) is 4.57 Å². The van der Waals surface area contributed by atoms with Crippen LogP contribution in [-0.4, -0.2) is 23.6 Å². The highest BCUT2D eigenvalue weighted by Crippen LogP contribution is 2.18. The average molecular weight is 348 g/mol. The number of carbonyl (C=O) groups is 2. The Balaban J connectivity index is 1.95. The lowest BCUT2D eigenvalue weighted by Gasteiger charge is -2.10. The number of esters is 1. The second-order valence-corrected chi connectivity index (χ2v) is 6.29. The molecule has 0 saturated carbocycles. The van der Waals surface area contributed by atoms with E-state index in [2.05, 4.69) is 10.1 Å². The Kier molecular flexibility index (Phi) is 5.92. The summed E-state index contributed by atoms with van der Waals surface area (Å²) in [5.41, 5.74) is 2.75. The number of ether oxygens (including phenoxy) is 1. The van der Waals surface area contributed by atoms with Crippen molar-refractivity contribution in [3.63, 3.8) is 0 Å². The summed E-state index contributed by atoms with van der Waals surface area (Å²) >= 11 is 1.16. The lowest BCUT2D eigenvalue weighted by Crippen LogP contribution is -2.17. The fraction of sp³-hybridized carbons (Fsp3) is 0.353. The summed E-state index contributed by atoms with van der Waals surface area (Å²) in [4.78, 5) is 35.3. The topological polar surface area (TPSA) is 77.4 Å². The number of nitrogens with zero attached hydrogens (tertiary/aromatic N) is 1. The predicted octanol–water partition coefficient (Wildman–Crippen LogP) is 2.73. The van der Waals surface area contributed by atoms with Crippen molar-refractivity contribution in [2.75, 3.05) is 12.4 Å². The van der Waals surface area contributed by atoms with Crippen molar-refractivity contribution in [2.45, 2.75) is 33.2 Å². The van der Waals surface area contributed by atoms with Crippen LogP contribution < -0.4 is 10.2 Å². The molecule has 0 saturated heterocycles. The van der Waals surface area contributed by atoms with Gasteiger partial charge in [0.15, 0.2) is 0 Å². The van der Waals surface area contributed by atoms with Crippen LogP contribution in [0.1, 0.15) is 34.5 Å². The van der Waals surface area contributed by atoms with Gasteiger partial charge in [0, 0.05) is 29.7 Å². The molecule has 7 heteroatoms. The number of hydrogen-bond acceptors (Lipinski definition) is 5. The zero-order valence-electron chi connectivity index (χ0n) is 13.9. The van der Waals surface area contributed by atoms with Crippen LogP contribution in [0.4, 0.5) is 5.69 Å². The number of thiazole rings is 1. The number of nitrogens with one attached hydrogen (secondary N) is 1. The fourth-order valence-electron chi connectivity index (χ4n) is 2.29. The zero-order valence-corrected chi connectivity index (χ0v) is 14.7. The minimum atomic E-state index is -0.446. The van der Waals surface area contributed by atoms with Gasteiger partial charge in [-0.05, 0) is 38.0 Å². The van der Waals surface area contributed by atoms with E-state index in [1.807, 2.05) is 19.2 Å². The molecule has 1 aromatic carbocycles. The molecule has 128 valence electrons. The van der Waals surface area contributed by atoms with Gasteiger partial charge in [-0.2, -0.15) is 0 Å².